The topological polar surface area (TPSA) is 101 Å². The van der Waals surface area contributed by atoms with Crippen molar-refractivity contribution in [3.05, 3.63) is 40.7 Å². The van der Waals surface area contributed by atoms with Crippen LogP contribution in [-0.4, -0.2) is 27.7 Å². The standard InChI is InChI=1S/C11H10ClFN6.C3H8/c1-16-10-7(13)4-18-11(19-10)8(14)6-2-5(12)3-17-9(6)15;1-3-2/h2-4,14H,1H3,(H2,15,17)(H,16,18,19);3H2,1-2H3. The largest absolute Gasteiger partial charge is 0.383 e. The van der Waals surface area contributed by atoms with Crippen molar-refractivity contribution in [1.82, 2.24) is 15.0 Å². The van der Waals surface area contributed by atoms with Crippen LogP contribution in [0.1, 0.15) is 31.7 Å². The second kappa shape index (κ2) is 8.23. The maximum Gasteiger partial charge on any atom is 0.183 e. The summed E-state index contributed by atoms with van der Waals surface area (Å²) in [4.78, 5) is 11.5. The van der Waals surface area contributed by atoms with Gasteiger partial charge in [-0.15, -0.1) is 0 Å². The number of nitrogens with one attached hydrogen (secondary N) is 2. The minimum absolute atomic E-state index is 0.00306. The Morgan fingerprint density at radius 2 is 2.00 bits per heavy atom. The first-order valence-electron chi connectivity index (χ1n) is 6.65. The van der Waals surface area contributed by atoms with Gasteiger partial charge in [0, 0.05) is 18.8 Å². The Kier molecular flexibility index (Phi) is 6.65. The summed E-state index contributed by atoms with van der Waals surface area (Å²) >= 11 is 5.80. The number of nitrogen functional groups attached to an aromatic ring is 1. The number of anilines is 2. The summed E-state index contributed by atoms with van der Waals surface area (Å²) in [5.41, 5.74) is 5.89. The second-order valence-corrected chi connectivity index (χ2v) is 4.75. The van der Waals surface area contributed by atoms with Crippen molar-refractivity contribution in [2.75, 3.05) is 18.1 Å². The third kappa shape index (κ3) is 4.36. The van der Waals surface area contributed by atoms with Gasteiger partial charge < -0.3 is 11.1 Å². The maximum absolute atomic E-state index is 13.3. The monoisotopic (exact) mass is 324 g/mol. The number of hydrogen-bond acceptors (Lipinski definition) is 6. The second-order valence-electron chi connectivity index (χ2n) is 4.31. The number of hydrogen-bond donors (Lipinski definition) is 3. The fraction of sp³-hybridized carbons (Fsp3) is 0.286. The van der Waals surface area contributed by atoms with Crippen molar-refractivity contribution in [3.8, 4) is 0 Å². The highest BCUT2D eigenvalue weighted by Crippen LogP contribution is 2.18. The number of rotatable bonds is 3. The van der Waals surface area contributed by atoms with Crippen LogP contribution >= 0.6 is 11.6 Å². The van der Waals surface area contributed by atoms with E-state index in [2.05, 4.69) is 34.1 Å². The molecular weight excluding hydrogens is 307 g/mol. The third-order valence-corrected chi connectivity index (χ3v) is 2.57. The molecule has 0 aliphatic rings. The Balaban J connectivity index is 0.000000745. The lowest BCUT2D eigenvalue weighted by molar-refractivity contribution is 0.617. The zero-order valence-corrected chi connectivity index (χ0v) is 13.4. The fourth-order valence-corrected chi connectivity index (χ4v) is 1.59. The molecule has 22 heavy (non-hydrogen) atoms. The van der Waals surface area contributed by atoms with E-state index >= 15 is 0 Å². The van der Waals surface area contributed by atoms with Crippen molar-refractivity contribution in [3.63, 3.8) is 0 Å². The number of nitrogens with two attached hydrogens (primary N) is 1. The molecule has 0 unspecified atom stereocenters. The van der Waals surface area contributed by atoms with E-state index in [-0.39, 0.29) is 23.2 Å². The number of pyridine rings is 1. The summed E-state index contributed by atoms with van der Waals surface area (Å²) in [7, 11) is 1.52. The number of halogens is 2. The van der Waals surface area contributed by atoms with Gasteiger partial charge in [0.15, 0.2) is 17.5 Å². The van der Waals surface area contributed by atoms with Crippen LogP contribution in [0.4, 0.5) is 16.0 Å². The molecule has 4 N–H and O–H groups in total. The molecule has 6 nitrogen and oxygen atoms in total. The van der Waals surface area contributed by atoms with Crippen molar-refractivity contribution in [2.24, 2.45) is 0 Å². The summed E-state index contributed by atoms with van der Waals surface area (Å²) in [6, 6.07) is 1.48. The lowest BCUT2D eigenvalue weighted by atomic mass is 10.1. The van der Waals surface area contributed by atoms with Crippen LogP contribution in [0.2, 0.25) is 5.02 Å². The first-order chi connectivity index (χ1) is 10.4. The lowest BCUT2D eigenvalue weighted by Crippen LogP contribution is -2.12. The van der Waals surface area contributed by atoms with Crippen LogP contribution in [0.3, 0.4) is 0 Å². The Labute approximate surface area is 133 Å². The molecular formula is C14H18ClFN6. The highest BCUT2D eigenvalue weighted by Gasteiger charge is 2.15. The molecule has 0 aliphatic heterocycles. The van der Waals surface area contributed by atoms with Crippen LogP contribution in [0.15, 0.2) is 18.5 Å². The minimum Gasteiger partial charge on any atom is -0.383 e. The van der Waals surface area contributed by atoms with E-state index in [0.29, 0.717) is 10.6 Å². The van der Waals surface area contributed by atoms with Crippen molar-refractivity contribution >= 4 is 28.9 Å². The first-order valence-corrected chi connectivity index (χ1v) is 7.02. The smallest absolute Gasteiger partial charge is 0.183 e. The predicted molar refractivity (Wildman–Crippen MR) is 87.1 cm³/mol. The van der Waals surface area contributed by atoms with E-state index in [0.717, 1.165) is 6.20 Å². The van der Waals surface area contributed by atoms with Crippen LogP contribution < -0.4 is 11.1 Å². The van der Waals surface area contributed by atoms with Gasteiger partial charge in [-0.2, -0.15) is 0 Å². The molecule has 0 radical (unpaired) electrons. The van der Waals surface area contributed by atoms with E-state index in [1.165, 1.54) is 25.7 Å². The molecule has 118 valence electrons. The molecule has 2 rings (SSSR count). The van der Waals surface area contributed by atoms with E-state index in [9.17, 15) is 4.39 Å². The van der Waals surface area contributed by atoms with Gasteiger partial charge in [-0.1, -0.05) is 31.9 Å². The van der Waals surface area contributed by atoms with Gasteiger partial charge in [0.1, 0.15) is 11.5 Å². The van der Waals surface area contributed by atoms with Gasteiger partial charge in [-0.25, -0.2) is 19.3 Å². The summed E-state index contributed by atoms with van der Waals surface area (Å²) in [6.45, 7) is 4.25. The van der Waals surface area contributed by atoms with Crippen LogP contribution in [0.25, 0.3) is 0 Å². The molecule has 0 fully saturated rings. The number of aromatic nitrogens is 3. The molecule has 0 spiro atoms. The predicted octanol–water partition coefficient (Wildman–Crippen LogP) is 3.12. The zero-order valence-electron chi connectivity index (χ0n) is 12.6. The Morgan fingerprint density at radius 1 is 1.36 bits per heavy atom. The average molecular weight is 325 g/mol. The molecule has 8 heteroatoms. The van der Waals surface area contributed by atoms with Gasteiger partial charge in [-0.05, 0) is 6.07 Å². The molecule has 2 aromatic rings. The van der Waals surface area contributed by atoms with Crippen LogP contribution in [0.5, 0.6) is 0 Å². The van der Waals surface area contributed by atoms with Crippen molar-refractivity contribution < 1.29 is 4.39 Å². The molecule has 0 atom stereocenters. The molecule has 0 bridgehead atoms. The zero-order chi connectivity index (χ0) is 16.7. The van der Waals surface area contributed by atoms with Crippen LogP contribution in [0, 0.1) is 11.2 Å². The average Bonchev–Trinajstić information content (AvgIpc) is 2.50. The van der Waals surface area contributed by atoms with Crippen LogP contribution in [-0.2, 0) is 0 Å². The Bertz CT molecular complexity index is 662. The van der Waals surface area contributed by atoms with E-state index in [4.69, 9.17) is 22.7 Å². The number of nitrogens with zero attached hydrogens (tertiary/aromatic N) is 3. The van der Waals surface area contributed by atoms with Gasteiger partial charge in [0.05, 0.1) is 11.2 Å². The molecule has 2 aromatic heterocycles. The van der Waals surface area contributed by atoms with Gasteiger partial charge in [-0.3, -0.25) is 5.41 Å². The Morgan fingerprint density at radius 3 is 2.59 bits per heavy atom. The van der Waals surface area contributed by atoms with E-state index < -0.39 is 5.82 Å². The molecule has 0 saturated heterocycles. The van der Waals surface area contributed by atoms with Crippen molar-refractivity contribution in [2.45, 2.75) is 20.3 Å². The van der Waals surface area contributed by atoms with E-state index in [1.807, 2.05) is 0 Å². The molecule has 0 aromatic carbocycles. The molecule has 2 heterocycles. The van der Waals surface area contributed by atoms with Gasteiger partial charge in [0.2, 0.25) is 0 Å². The summed E-state index contributed by atoms with van der Waals surface area (Å²) in [5.74, 6) is -0.436. The SMILES string of the molecule is CCC.CNc1nc(C(=N)c2cc(Cl)cnc2N)ncc1F. The molecule has 0 saturated carbocycles. The highest BCUT2D eigenvalue weighted by atomic mass is 35.5. The quantitative estimate of drug-likeness (QED) is 0.753. The lowest BCUT2D eigenvalue weighted by Gasteiger charge is -2.07. The minimum atomic E-state index is -0.601. The summed E-state index contributed by atoms with van der Waals surface area (Å²) < 4.78 is 13.3. The van der Waals surface area contributed by atoms with Gasteiger partial charge in [0.25, 0.3) is 0 Å². The normalized spacial score (nSPS) is 9.68. The molecule has 0 aliphatic carbocycles. The van der Waals surface area contributed by atoms with Gasteiger partial charge >= 0.3 is 0 Å². The fourth-order valence-electron chi connectivity index (χ4n) is 1.43. The van der Waals surface area contributed by atoms with Crippen molar-refractivity contribution in [1.29, 1.82) is 5.41 Å². The first kappa shape index (κ1) is 17.8. The third-order valence-electron chi connectivity index (χ3n) is 2.36. The maximum atomic E-state index is 13.3. The summed E-state index contributed by atoms with van der Waals surface area (Å²) in [5, 5.41) is 10.9. The van der Waals surface area contributed by atoms with E-state index in [1.54, 1.807) is 0 Å². The Hall–Kier alpha value is -2.28. The molecule has 0 amide bonds. The highest BCUT2D eigenvalue weighted by molar-refractivity contribution is 6.31. The summed E-state index contributed by atoms with van der Waals surface area (Å²) in [6.07, 6.45) is 3.61.